The summed E-state index contributed by atoms with van der Waals surface area (Å²) in [6.07, 6.45) is 0. The molecule has 0 bridgehead atoms. The van der Waals surface area contributed by atoms with Crippen LogP contribution in [0.2, 0.25) is 5.02 Å². The molecule has 0 aromatic heterocycles. The number of nitro benzene ring substituents is 1. The quantitative estimate of drug-likeness (QED) is 0.441. The molecule has 2 rings (SSSR count). The number of hydrogen-bond acceptors (Lipinski definition) is 5. The number of benzene rings is 2. The molecule has 1 N–H and O–H groups in total. The second-order valence-corrected chi connectivity index (χ2v) is 6.45. The topological polar surface area (TPSA) is 75.5 Å². The van der Waals surface area contributed by atoms with Gasteiger partial charge in [-0.15, -0.1) is 0 Å². The van der Waals surface area contributed by atoms with Gasteiger partial charge in [-0.25, -0.2) is 4.39 Å². The largest absolute Gasteiger partial charge is 0.378 e. The molecule has 0 unspecified atom stereocenters. The molecule has 2 aromatic rings. The normalized spacial score (nSPS) is 12.1. The Bertz CT molecular complexity index is 822. The van der Waals surface area contributed by atoms with Gasteiger partial charge in [-0.1, -0.05) is 17.7 Å². The SMILES string of the molecule is CC(=O)c1ccc(NC[C@H](c2c(F)cccc2Cl)N(C)C)c([N+](=O)[O-])c1. The molecular formula is C18H19ClFN3O3. The van der Waals surface area contributed by atoms with E-state index in [-0.39, 0.29) is 34.3 Å². The van der Waals surface area contributed by atoms with Gasteiger partial charge in [0, 0.05) is 28.8 Å². The predicted molar refractivity (Wildman–Crippen MR) is 99.4 cm³/mol. The van der Waals surface area contributed by atoms with Gasteiger partial charge in [0.2, 0.25) is 0 Å². The van der Waals surface area contributed by atoms with Gasteiger partial charge in [0.15, 0.2) is 5.78 Å². The number of nitrogens with zero attached hydrogens (tertiary/aromatic N) is 2. The van der Waals surface area contributed by atoms with Crippen LogP contribution in [0.3, 0.4) is 0 Å². The number of carbonyl (C=O) groups excluding carboxylic acids is 1. The highest BCUT2D eigenvalue weighted by Gasteiger charge is 2.23. The molecular weight excluding hydrogens is 361 g/mol. The summed E-state index contributed by atoms with van der Waals surface area (Å²) in [4.78, 5) is 24.0. The average Bonchev–Trinajstić information content (AvgIpc) is 2.56. The number of halogens is 2. The summed E-state index contributed by atoms with van der Waals surface area (Å²) in [6.45, 7) is 1.53. The van der Waals surface area contributed by atoms with Crippen molar-refractivity contribution in [2.45, 2.75) is 13.0 Å². The van der Waals surface area contributed by atoms with Gasteiger partial charge < -0.3 is 10.2 Å². The second kappa shape index (κ2) is 8.25. The Labute approximate surface area is 155 Å². The van der Waals surface area contributed by atoms with Crippen LogP contribution in [0.15, 0.2) is 36.4 Å². The van der Waals surface area contributed by atoms with Crippen LogP contribution in [0.25, 0.3) is 0 Å². The zero-order valence-electron chi connectivity index (χ0n) is 14.6. The molecule has 0 heterocycles. The predicted octanol–water partition coefficient (Wildman–Crippen LogP) is 4.30. The molecule has 8 heteroatoms. The average molecular weight is 380 g/mol. The van der Waals surface area contributed by atoms with Crippen molar-refractivity contribution in [3.63, 3.8) is 0 Å². The molecule has 2 aromatic carbocycles. The molecule has 0 saturated heterocycles. The lowest BCUT2D eigenvalue weighted by molar-refractivity contribution is -0.384. The van der Waals surface area contributed by atoms with Crippen LogP contribution < -0.4 is 5.32 Å². The number of nitro groups is 1. The van der Waals surface area contributed by atoms with Crippen molar-refractivity contribution in [3.05, 3.63) is 68.5 Å². The Morgan fingerprint density at radius 1 is 1.35 bits per heavy atom. The first kappa shape index (κ1) is 19.8. The number of hydrogen-bond donors (Lipinski definition) is 1. The Balaban J connectivity index is 2.33. The van der Waals surface area contributed by atoms with Gasteiger partial charge in [0.05, 0.1) is 11.0 Å². The molecule has 0 fully saturated rings. The third kappa shape index (κ3) is 4.36. The maximum atomic E-state index is 14.3. The molecule has 0 spiro atoms. The molecule has 0 radical (unpaired) electrons. The highest BCUT2D eigenvalue weighted by atomic mass is 35.5. The first-order valence-electron chi connectivity index (χ1n) is 7.86. The monoisotopic (exact) mass is 379 g/mol. The van der Waals surface area contributed by atoms with E-state index >= 15 is 0 Å². The van der Waals surface area contributed by atoms with E-state index in [9.17, 15) is 19.3 Å². The summed E-state index contributed by atoms with van der Waals surface area (Å²) in [5, 5.41) is 14.6. The highest BCUT2D eigenvalue weighted by Crippen LogP contribution is 2.31. The first-order valence-corrected chi connectivity index (χ1v) is 8.23. The van der Waals surface area contributed by atoms with Crippen LogP contribution in [0.5, 0.6) is 0 Å². The first-order chi connectivity index (χ1) is 12.2. The smallest absolute Gasteiger partial charge is 0.293 e. The molecule has 0 amide bonds. The van der Waals surface area contributed by atoms with Crippen molar-refractivity contribution >= 4 is 28.8 Å². The van der Waals surface area contributed by atoms with Crippen molar-refractivity contribution in [2.75, 3.05) is 26.0 Å². The van der Waals surface area contributed by atoms with Gasteiger partial charge in [0.1, 0.15) is 11.5 Å². The number of anilines is 1. The summed E-state index contributed by atoms with van der Waals surface area (Å²) in [5.74, 6) is -0.705. The molecule has 1 atom stereocenters. The fourth-order valence-electron chi connectivity index (χ4n) is 2.63. The number of nitrogens with one attached hydrogen (secondary N) is 1. The third-order valence-electron chi connectivity index (χ3n) is 4.04. The van der Waals surface area contributed by atoms with E-state index in [1.807, 2.05) is 0 Å². The van der Waals surface area contributed by atoms with Crippen molar-refractivity contribution in [2.24, 2.45) is 0 Å². The number of carbonyl (C=O) groups is 1. The number of rotatable bonds is 7. The Hall–Kier alpha value is -2.51. The van der Waals surface area contributed by atoms with E-state index in [4.69, 9.17) is 11.6 Å². The van der Waals surface area contributed by atoms with E-state index in [1.54, 1.807) is 25.1 Å². The van der Waals surface area contributed by atoms with Crippen LogP contribution in [0.4, 0.5) is 15.8 Å². The van der Waals surface area contributed by atoms with E-state index in [0.29, 0.717) is 5.56 Å². The molecule has 0 aliphatic heterocycles. The van der Waals surface area contributed by atoms with Crippen molar-refractivity contribution in [1.82, 2.24) is 4.90 Å². The van der Waals surface area contributed by atoms with Gasteiger partial charge in [-0.05, 0) is 45.3 Å². The Kier molecular flexibility index (Phi) is 6.28. The number of Topliss-reactive ketones (excluding diaryl/α,β-unsaturated/α-hetero) is 1. The van der Waals surface area contributed by atoms with Gasteiger partial charge in [0.25, 0.3) is 5.69 Å². The molecule has 0 aliphatic carbocycles. The lowest BCUT2D eigenvalue weighted by Gasteiger charge is -2.26. The molecule has 0 saturated carbocycles. The summed E-state index contributed by atoms with van der Waals surface area (Å²) >= 11 is 6.15. The molecule has 6 nitrogen and oxygen atoms in total. The van der Waals surface area contributed by atoms with Crippen LogP contribution in [0.1, 0.15) is 28.9 Å². The van der Waals surface area contributed by atoms with E-state index in [2.05, 4.69) is 5.32 Å². The van der Waals surface area contributed by atoms with E-state index < -0.39 is 16.8 Å². The van der Waals surface area contributed by atoms with Gasteiger partial charge in [-0.3, -0.25) is 14.9 Å². The zero-order valence-corrected chi connectivity index (χ0v) is 15.4. The van der Waals surface area contributed by atoms with E-state index in [1.165, 1.54) is 37.3 Å². The number of ketones is 1. The third-order valence-corrected chi connectivity index (χ3v) is 4.37. The Morgan fingerprint density at radius 3 is 2.58 bits per heavy atom. The Morgan fingerprint density at radius 2 is 2.04 bits per heavy atom. The van der Waals surface area contributed by atoms with Crippen molar-refractivity contribution in [3.8, 4) is 0 Å². The maximum Gasteiger partial charge on any atom is 0.293 e. The van der Waals surface area contributed by atoms with Gasteiger partial charge >= 0.3 is 0 Å². The highest BCUT2D eigenvalue weighted by molar-refractivity contribution is 6.31. The fourth-order valence-corrected chi connectivity index (χ4v) is 2.92. The lowest BCUT2D eigenvalue weighted by Crippen LogP contribution is -2.28. The minimum atomic E-state index is -0.560. The summed E-state index contributed by atoms with van der Waals surface area (Å²) < 4.78 is 14.3. The van der Waals surface area contributed by atoms with Crippen LogP contribution in [-0.2, 0) is 0 Å². The molecule has 138 valence electrons. The second-order valence-electron chi connectivity index (χ2n) is 6.04. The summed E-state index contributed by atoms with van der Waals surface area (Å²) in [6, 6.07) is 8.21. The summed E-state index contributed by atoms with van der Waals surface area (Å²) in [7, 11) is 3.53. The molecule has 26 heavy (non-hydrogen) atoms. The van der Waals surface area contributed by atoms with Crippen molar-refractivity contribution < 1.29 is 14.1 Å². The van der Waals surface area contributed by atoms with Gasteiger partial charge in [-0.2, -0.15) is 0 Å². The maximum absolute atomic E-state index is 14.3. The molecule has 0 aliphatic rings. The minimum Gasteiger partial charge on any atom is -0.378 e. The van der Waals surface area contributed by atoms with Crippen LogP contribution in [0, 0.1) is 15.9 Å². The lowest BCUT2D eigenvalue weighted by atomic mass is 10.0. The summed E-state index contributed by atoms with van der Waals surface area (Å²) in [5.41, 5.74) is 0.604. The van der Waals surface area contributed by atoms with E-state index in [0.717, 1.165) is 0 Å². The van der Waals surface area contributed by atoms with Crippen LogP contribution >= 0.6 is 11.6 Å². The van der Waals surface area contributed by atoms with Crippen LogP contribution in [-0.4, -0.2) is 36.2 Å². The zero-order chi connectivity index (χ0) is 19.4. The fraction of sp³-hybridized carbons (Fsp3) is 0.278. The van der Waals surface area contributed by atoms with Crippen molar-refractivity contribution in [1.29, 1.82) is 0 Å². The standard InChI is InChI=1S/C18H19ClFN3O3/c1-11(24)12-7-8-15(16(9-12)23(25)26)21-10-17(22(2)3)18-13(19)5-4-6-14(18)20/h4-9,17,21H,10H2,1-3H3/t17-/m1/s1. The minimum absolute atomic E-state index is 0.188. The number of likely N-dealkylation sites (N-methyl/N-ethyl adjacent to an activating group) is 1.